The molecule has 1 aromatic rings. The van der Waals surface area contributed by atoms with E-state index in [9.17, 15) is 4.79 Å². The Morgan fingerprint density at radius 1 is 1.09 bits per heavy atom. The van der Waals surface area contributed by atoms with Crippen LogP contribution in [0.2, 0.25) is 0 Å². The molecule has 3 rings (SSSR count). The van der Waals surface area contributed by atoms with Gasteiger partial charge in [0.05, 0.1) is 0 Å². The molecule has 1 atom stereocenters. The molecule has 1 saturated carbocycles. The highest BCUT2D eigenvalue weighted by molar-refractivity contribution is 5.93. The summed E-state index contributed by atoms with van der Waals surface area (Å²) in [7, 11) is 0. The monoisotopic (exact) mass is 315 g/mol. The summed E-state index contributed by atoms with van der Waals surface area (Å²) in [6, 6.07) is 10.2. The predicted molar refractivity (Wildman–Crippen MR) is 93.1 cm³/mol. The number of hydrogen-bond donors (Lipinski definition) is 2. The minimum absolute atomic E-state index is 0.00609. The molecule has 0 bridgehead atoms. The molecule has 0 spiro atoms. The Kier molecular flexibility index (Phi) is 6.06. The molecule has 1 saturated heterocycles. The molecule has 4 nitrogen and oxygen atoms in total. The van der Waals surface area contributed by atoms with Crippen LogP contribution >= 0.6 is 0 Å². The van der Waals surface area contributed by atoms with Gasteiger partial charge in [0.15, 0.2) is 0 Å². The highest BCUT2D eigenvalue weighted by Crippen LogP contribution is 2.20. The van der Waals surface area contributed by atoms with E-state index in [0.29, 0.717) is 5.92 Å². The number of hydrazine groups is 1. The van der Waals surface area contributed by atoms with Crippen LogP contribution in [-0.4, -0.2) is 36.6 Å². The van der Waals surface area contributed by atoms with Crippen molar-refractivity contribution in [1.29, 1.82) is 0 Å². The molecule has 4 heteroatoms. The maximum Gasteiger partial charge on any atom is 0.265 e. The van der Waals surface area contributed by atoms with E-state index in [1.165, 1.54) is 44.9 Å². The van der Waals surface area contributed by atoms with Crippen molar-refractivity contribution in [3.63, 3.8) is 0 Å². The number of benzene rings is 1. The fourth-order valence-electron chi connectivity index (χ4n) is 3.77. The van der Waals surface area contributed by atoms with Gasteiger partial charge >= 0.3 is 0 Å². The van der Waals surface area contributed by atoms with Gasteiger partial charge in [0.25, 0.3) is 5.91 Å². The van der Waals surface area contributed by atoms with E-state index >= 15 is 0 Å². The summed E-state index contributed by atoms with van der Waals surface area (Å²) < 4.78 is 0. The lowest BCUT2D eigenvalue weighted by Gasteiger charge is -2.23. The van der Waals surface area contributed by atoms with E-state index in [1.807, 2.05) is 30.3 Å². The second kappa shape index (κ2) is 8.46. The molecular formula is C19H29N3O. The van der Waals surface area contributed by atoms with Gasteiger partial charge in [-0.15, -0.1) is 0 Å². The highest BCUT2D eigenvalue weighted by Gasteiger charge is 2.24. The predicted octanol–water partition coefficient (Wildman–Crippen LogP) is 2.97. The van der Waals surface area contributed by atoms with Crippen molar-refractivity contribution in [1.82, 2.24) is 15.8 Å². The van der Waals surface area contributed by atoms with E-state index in [1.54, 1.807) is 0 Å². The molecule has 1 unspecified atom stereocenters. The standard InChI is InChI=1S/C19H29N3O/c23-19(17-7-3-1-4-8-17)21-22-14-12-16(15-22)11-13-20-18-9-5-2-6-10-18/h1,3-4,7-8,16,18,20H,2,5-6,9-15H2,(H,21,23). The van der Waals surface area contributed by atoms with Crippen LogP contribution in [0.25, 0.3) is 0 Å². The van der Waals surface area contributed by atoms with Gasteiger partial charge in [0, 0.05) is 24.7 Å². The second-order valence-corrected chi connectivity index (χ2v) is 6.99. The van der Waals surface area contributed by atoms with Gasteiger partial charge in [-0.2, -0.15) is 0 Å². The molecule has 1 aromatic carbocycles. The van der Waals surface area contributed by atoms with Crippen LogP contribution < -0.4 is 10.7 Å². The summed E-state index contributed by atoms with van der Waals surface area (Å²) in [5.41, 5.74) is 3.77. The average molecular weight is 315 g/mol. The maximum absolute atomic E-state index is 12.2. The van der Waals surface area contributed by atoms with Crippen molar-refractivity contribution in [2.75, 3.05) is 19.6 Å². The third kappa shape index (κ3) is 5.05. The molecule has 0 aromatic heterocycles. The summed E-state index contributed by atoms with van der Waals surface area (Å²) >= 11 is 0. The summed E-state index contributed by atoms with van der Waals surface area (Å²) in [4.78, 5) is 12.2. The summed E-state index contributed by atoms with van der Waals surface area (Å²) in [5.74, 6) is 0.703. The first kappa shape index (κ1) is 16.5. The molecule has 2 fully saturated rings. The topological polar surface area (TPSA) is 44.4 Å². The van der Waals surface area contributed by atoms with Crippen LogP contribution in [0.15, 0.2) is 30.3 Å². The Hall–Kier alpha value is -1.39. The van der Waals surface area contributed by atoms with Gasteiger partial charge in [-0.3, -0.25) is 10.2 Å². The summed E-state index contributed by atoms with van der Waals surface area (Å²) in [6.07, 6.45) is 9.29. The zero-order valence-electron chi connectivity index (χ0n) is 14.0. The first-order valence-corrected chi connectivity index (χ1v) is 9.15. The molecular weight excluding hydrogens is 286 g/mol. The summed E-state index contributed by atoms with van der Waals surface area (Å²) in [6.45, 7) is 3.06. The number of amides is 1. The Labute approximate surface area is 139 Å². The fraction of sp³-hybridized carbons (Fsp3) is 0.632. The molecule has 23 heavy (non-hydrogen) atoms. The number of nitrogens with one attached hydrogen (secondary N) is 2. The summed E-state index contributed by atoms with van der Waals surface area (Å²) in [5, 5.41) is 5.81. The molecule has 2 aliphatic rings. The molecule has 126 valence electrons. The van der Waals surface area contributed by atoms with Gasteiger partial charge in [-0.05, 0) is 50.3 Å². The molecule has 0 radical (unpaired) electrons. The normalized spacial score (nSPS) is 23.0. The average Bonchev–Trinajstić information content (AvgIpc) is 3.04. The first-order valence-electron chi connectivity index (χ1n) is 9.15. The zero-order chi connectivity index (χ0) is 15.9. The van der Waals surface area contributed by atoms with Gasteiger partial charge in [0.1, 0.15) is 0 Å². The number of carbonyl (C=O) groups is 1. The van der Waals surface area contributed by atoms with E-state index in [4.69, 9.17) is 0 Å². The lowest BCUT2D eigenvalue weighted by atomic mass is 9.95. The van der Waals surface area contributed by atoms with E-state index in [-0.39, 0.29) is 5.91 Å². The van der Waals surface area contributed by atoms with Crippen molar-refractivity contribution in [3.05, 3.63) is 35.9 Å². The SMILES string of the molecule is O=C(NN1CCC(CCNC2CCCCC2)C1)c1ccccc1. The van der Waals surface area contributed by atoms with E-state index < -0.39 is 0 Å². The smallest absolute Gasteiger partial charge is 0.265 e. The molecule has 2 N–H and O–H groups in total. The van der Waals surface area contributed by atoms with Crippen LogP contribution in [0.5, 0.6) is 0 Å². The van der Waals surface area contributed by atoms with Crippen molar-refractivity contribution in [3.8, 4) is 0 Å². The fourth-order valence-corrected chi connectivity index (χ4v) is 3.77. The Morgan fingerprint density at radius 3 is 2.65 bits per heavy atom. The minimum Gasteiger partial charge on any atom is -0.314 e. The van der Waals surface area contributed by atoms with Crippen LogP contribution in [0, 0.1) is 5.92 Å². The van der Waals surface area contributed by atoms with Crippen LogP contribution in [-0.2, 0) is 0 Å². The second-order valence-electron chi connectivity index (χ2n) is 6.99. The quantitative estimate of drug-likeness (QED) is 0.848. The Balaban J connectivity index is 1.34. The molecule has 1 amide bonds. The first-order chi connectivity index (χ1) is 11.3. The van der Waals surface area contributed by atoms with E-state index in [2.05, 4.69) is 15.8 Å². The Bertz CT molecular complexity index is 485. The third-order valence-electron chi connectivity index (χ3n) is 5.17. The number of rotatable bonds is 6. The highest BCUT2D eigenvalue weighted by atomic mass is 16.2. The lowest BCUT2D eigenvalue weighted by molar-refractivity contribution is 0.0820. The van der Waals surface area contributed by atoms with Gasteiger partial charge < -0.3 is 5.32 Å². The van der Waals surface area contributed by atoms with Crippen LogP contribution in [0.3, 0.4) is 0 Å². The van der Waals surface area contributed by atoms with Crippen LogP contribution in [0.4, 0.5) is 0 Å². The lowest BCUT2D eigenvalue weighted by Crippen LogP contribution is -2.40. The largest absolute Gasteiger partial charge is 0.314 e. The van der Waals surface area contributed by atoms with Crippen LogP contribution in [0.1, 0.15) is 55.3 Å². The minimum atomic E-state index is 0.00609. The molecule has 1 heterocycles. The van der Waals surface area contributed by atoms with Gasteiger partial charge in [0.2, 0.25) is 0 Å². The number of hydrogen-bond acceptors (Lipinski definition) is 3. The molecule has 1 aliphatic carbocycles. The number of carbonyl (C=O) groups excluding carboxylic acids is 1. The van der Waals surface area contributed by atoms with Gasteiger partial charge in [-0.25, -0.2) is 5.01 Å². The van der Waals surface area contributed by atoms with Crippen molar-refractivity contribution < 1.29 is 4.79 Å². The zero-order valence-corrected chi connectivity index (χ0v) is 14.0. The van der Waals surface area contributed by atoms with Crippen molar-refractivity contribution in [2.45, 2.75) is 51.0 Å². The van der Waals surface area contributed by atoms with Crippen molar-refractivity contribution >= 4 is 5.91 Å². The van der Waals surface area contributed by atoms with Crippen molar-refractivity contribution in [2.24, 2.45) is 5.92 Å². The van der Waals surface area contributed by atoms with Gasteiger partial charge in [-0.1, -0.05) is 37.5 Å². The Morgan fingerprint density at radius 2 is 1.87 bits per heavy atom. The third-order valence-corrected chi connectivity index (χ3v) is 5.17. The molecule has 1 aliphatic heterocycles. The maximum atomic E-state index is 12.2. The number of nitrogens with zero attached hydrogens (tertiary/aromatic N) is 1. The van der Waals surface area contributed by atoms with E-state index in [0.717, 1.165) is 31.2 Å².